The highest BCUT2D eigenvalue weighted by atomic mass is 16.2. The first-order valence-electron chi connectivity index (χ1n) is 7.69. The Kier molecular flexibility index (Phi) is 4.51. The van der Waals surface area contributed by atoms with Gasteiger partial charge in [-0.2, -0.15) is 0 Å². The highest BCUT2D eigenvalue weighted by Gasteiger charge is 2.36. The van der Waals surface area contributed by atoms with Gasteiger partial charge in [-0.1, -0.05) is 6.92 Å². The molecule has 2 aliphatic heterocycles. The quantitative estimate of drug-likeness (QED) is 0.805. The van der Waals surface area contributed by atoms with Crippen LogP contribution in [-0.4, -0.2) is 48.6 Å². The Morgan fingerprint density at radius 2 is 2.11 bits per heavy atom. The van der Waals surface area contributed by atoms with Crippen LogP contribution in [0.2, 0.25) is 0 Å². The Hall–Kier alpha value is -0.610. The summed E-state index contributed by atoms with van der Waals surface area (Å²) < 4.78 is 0. The third-order valence-corrected chi connectivity index (χ3v) is 5.01. The average Bonchev–Trinajstić information content (AvgIpc) is 2.84. The maximum atomic E-state index is 12.3. The molecule has 110 valence electrons. The van der Waals surface area contributed by atoms with Crippen molar-refractivity contribution in [3.05, 3.63) is 0 Å². The third kappa shape index (κ3) is 3.48. The van der Waals surface area contributed by atoms with E-state index in [1.807, 2.05) is 6.92 Å². The lowest BCUT2D eigenvalue weighted by molar-refractivity contribution is -0.128. The number of rotatable bonds is 4. The summed E-state index contributed by atoms with van der Waals surface area (Å²) in [5.41, 5.74) is -0.0986. The first-order chi connectivity index (χ1) is 8.93. The van der Waals surface area contributed by atoms with Crippen molar-refractivity contribution < 1.29 is 4.79 Å². The lowest BCUT2D eigenvalue weighted by atomic mass is 9.88. The van der Waals surface area contributed by atoms with Crippen LogP contribution in [0, 0.1) is 11.8 Å². The van der Waals surface area contributed by atoms with E-state index in [1.165, 1.54) is 13.0 Å². The van der Waals surface area contributed by atoms with Crippen LogP contribution >= 0.6 is 0 Å². The summed E-state index contributed by atoms with van der Waals surface area (Å²) in [5.74, 6) is 1.75. The molecule has 3 unspecified atom stereocenters. The third-order valence-electron chi connectivity index (χ3n) is 5.01. The molecular weight excluding hydrogens is 238 g/mol. The number of nitrogens with zero attached hydrogens (tertiary/aromatic N) is 1. The van der Waals surface area contributed by atoms with Crippen LogP contribution in [0.15, 0.2) is 0 Å². The fourth-order valence-corrected chi connectivity index (χ4v) is 3.11. The van der Waals surface area contributed by atoms with Crippen LogP contribution in [0.25, 0.3) is 0 Å². The van der Waals surface area contributed by atoms with Crippen LogP contribution in [0.5, 0.6) is 0 Å². The largest absolute Gasteiger partial charge is 0.350 e. The minimum absolute atomic E-state index is 0.00706. The van der Waals surface area contributed by atoms with Gasteiger partial charge < -0.3 is 10.6 Å². The van der Waals surface area contributed by atoms with Gasteiger partial charge in [-0.05, 0) is 65.1 Å². The van der Waals surface area contributed by atoms with Crippen LogP contribution < -0.4 is 10.6 Å². The molecule has 0 bridgehead atoms. The first-order valence-corrected chi connectivity index (χ1v) is 7.69. The molecule has 19 heavy (non-hydrogen) atoms. The Balaban J connectivity index is 1.89. The SMILES string of the molecule is CCC(C)(C)NC(=O)C(C)N1CCC2CNCC2C1. The van der Waals surface area contributed by atoms with Gasteiger partial charge in [0.2, 0.25) is 5.91 Å². The molecule has 0 saturated carbocycles. The predicted molar refractivity (Wildman–Crippen MR) is 78.0 cm³/mol. The summed E-state index contributed by atoms with van der Waals surface area (Å²) in [6.07, 6.45) is 2.19. The van der Waals surface area contributed by atoms with Crippen molar-refractivity contribution in [2.45, 2.75) is 52.1 Å². The van der Waals surface area contributed by atoms with Crippen molar-refractivity contribution in [3.63, 3.8) is 0 Å². The van der Waals surface area contributed by atoms with E-state index in [-0.39, 0.29) is 17.5 Å². The summed E-state index contributed by atoms with van der Waals surface area (Å²) in [5, 5.41) is 6.64. The van der Waals surface area contributed by atoms with E-state index in [9.17, 15) is 4.79 Å². The monoisotopic (exact) mass is 267 g/mol. The molecule has 2 saturated heterocycles. The van der Waals surface area contributed by atoms with E-state index >= 15 is 0 Å². The van der Waals surface area contributed by atoms with Crippen molar-refractivity contribution in [3.8, 4) is 0 Å². The molecule has 2 N–H and O–H groups in total. The molecule has 0 aromatic carbocycles. The zero-order valence-electron chi connectivity index (χ0n) is 12.8. The Labute approximate surface area is 117 Å². The molecule has 2 fully saturated rings. The van der Waals surface area contributed by atoms with Crippen molar-refractivity contribution in [1.82, 2.24) is 15.5 Å². The van der Waals surface area contributed by atoms with Crippen molar-refractivity contribution in [1.29, 1.82) is 0 Å². The van der Waals surface area contributed by atoms with Gasteiger partial charge in [0.1, 0.15) is 0 Å². The lowest BCUT2D eigenvalue weighted by Crippen LogP contribution is -2.54. The summed E-state index contributed by atoms with van der Waals surface area (Å²) in [7, 11) is 0. The fraction of sp³-hybridized carbons (Fsp3) is 0.933. The highest BCUT2D eigenvalue weighted by Crippen LogP contribution is 2.27. The molecule has 2 rings (SSSR count). The van der Waals surface area contributed by atoms with Gasteiger partial charge in [-0.15, -0.1) is 0 Å². The maximum absolute atomic E-state index is 12.3. The fourth-order valence-electron chi connectivity index (χ4n) is 3.11. The van der Waals surface area contributed by atoms with Gasteiger partial charge in [0.05, 0.1) is 6.04 Å². The van der Waals surface area contributed by atoms with Crippen LogP contribution in [0.1, 0.15) is 40.5 Å². The second-order valence-corrected chi connectivity index (χ2v) is 6.86. The van der Waals surface area contributed by atoms with Gasteiger partial charge >= 0.3 is 0 Å². The molecule has 4 heteroatoms. The van der Waals surface area contributed by atoms with Gasteiger partial charge in [0, 0.05) is 12.1 Å². The zero-order chi connectivity index (χ0) is 14.0. The number of hydrogen-bond donors (Lipinski definition) is 2. The van der Waals surface area contributed by atoms with Gasteiger partial charge in [-0.3, -0.25) is 9.69 Å². The summed E-state index contributed by atoms with van der Waals surface area (Å²) in [6, 6.07) is -0.00706. The van der Waals surface area contributed by atoms with Crippen LogP contribution in [0.3, 0.4) is 0 Å². The van der Waals surface area contributed by atoms with E-state index in [0.29, 0.717) is 0 Å². The first kappa shape index (κ1) is 14.8. The molecular formula is C15H29N3O. The zero-order valence-corrected chi connectivity index (χ0v) is 12.8. The van der Waals surface area contributed by atoms with E-state index in [2.05, 4.69) is 36.3 Å². The molecule has 2 aliphatic rings. The number of fused-ring (bicyclic) bond motifs is 1. The number of piperidine rings is 1. The molecule has 3 atom stereocenters. The second-order valence-electron chi connectivity index (χ2n) is 6.86. The van der Waals surface area contributed by atoms with E-state index in [1.54, 1.807) is 0 Å². The predicted octanol–water partition coefficient (Wildman–Crippen LogP) is 1.22. The molecule has 0 aromatic rings. The molecule has 4 nitrogen and oxygen atoms in total. The van der Waals surface area contributed by atoms with Crippen molar-refractivity contribution >= 4 is 5.91 Å². The molecule has 2 heterocycles. The number of nitrogens with one attached hydrogen (secondary N) is 2. The van der Waals surface area contributed by atoms with Gasteiger partial charge in [0.25, 0.3) is 0 Å². The number of amides is 1. The van der Waals surface area contributed by atoms with E-state index in [4.69, 9.17) is 0 Å². The Bertz CT molecular complexity index is 329. The van der Waals surface area contributed by atoms with Crippen molar-refractivity contribution in [2.75, 3.05) is 26.2 Å². The summed E-state index contributed by atoms with van der Waals surface area (Å²) >= 11 is 0. The average molecular weight is 267 g/mol. The summed E-state index contributed by atoms with van der Waals surface area (Å²) in [6.45, 7) is 12.8. The Morgan fingerprint density at radius 3 is 2.79 bits per heavy atom. The molecule has 0 spiro atoms. The smallest absolute Gasteiger partial charge is 0.237 e. The van der Waals surface area contributed by atoms with Crippen LogP contribution in [-0.2, 0) is 4.79 Å². The number of carbonyl (C=O) groups is 1. The lowest BCUT2D eigenvalue weighted by Gasteiger charge is -2.38. The molecule has 0 aromatic heterocycles. The van der Waals surface area contributed by atoms with E-state index in [0.717, 1.165) is 37.9 Å². The molecule has 1 amide bonds. The normalized spacial score (nSPS) is 29.9. The summed E-state index contributed by atoms with van der Waals surface area (Å²) in [4.78, 5) is 14.7. The van der Waals surface area contributed by atoms with Crippen molar-refractivity contribution in [2.24, 2.45) is 11.8 Å². The van der Waals surface area contributed by atoms with Crippen LogP contribution in [0.4, 0.5) is 0 Å². The minimum Gasteiger partial charge on any atom is -0.350 e. The second kappa shape index (κ2) is 5.80. The Morgan fingerprint density at radius 1 is 1.42 bits per heavy atom. The van der Waals surface area contributed by atoms with E-state index < -0.39 is 0 Å². The topological polar surface area (TPSA) is 44.4 Å². The highest BCUT2D eigenvalue weighted by molar-refractivity contribution is 5.82. The van der Waals surface area contributed by atoms with Gasteiger partial charge in [0.15, 0.2) is 0 Å². The maximum Gasteiger partial charge on any atom is 0.237 e. The number of hydrogen-bond acceptors (Lipinski definition) is 3. The number of likely N-dealkylation sites (tertiary alicyclic amines) is 1. The number of carbonyl (C=O) groups excluding carboxylic acids is 1. The molecule has 0 radical (unpaired) electrons. The molecule has 0 aliphatic carbocycles. The minimum atomic E-state index is -0.0986. The van der Waals surface area contributed by atoms with Gasteiger partial charge in [-0.25, -0.2) is 0 Å². The standard InChI is InChI=1S/C15H29N3O/c1-5-15(3,4)17-14(19)11(2)18-7-6-12-8-16-9-13(12)10-18/h11-13,16H,5-10H2,1-4H3,(H,17,19).